The van der Waals surface area contributed by atoms with Crippen LogP contribution in [-0.2, 0) is 75.8 Å². The second kappa shape index (κ2) is 32.4. The van der Waals surface area contributed by atoms with Crippen molar-refractivity contribution in [3.63, 3.8) is 0 Å². The summed E-state index contributed by atoms with van der Waals surface area (Å²) in [5.41, 5.74) is 1.46. The highest BCUT2D eigenvalue weighted by molar-refractivity contribution is 5.83. The Morgan fingerprint density at radius 3 is 1.48 bits per heavy atom. The zero-order chi connectivity index (χ0) is 77.1. The van der Waals surface area contributed by atoms with Gasteiger partial charge in [0.25, 0.3) is 0 Å². The molecule has 8 saturated heterocycles. The van der Waals surface area contributed by atoms with Crippen LogP contribution >= 0.6 is 0 Å². The lowest BCUT2D eigenvalue weighted by Gasteiger charge is -2.63. The first-order chi connectivity index (χ1) is 50.0. The summed E-state index contributed by atoms with van der Waals surface area (Å²) in [6.45, 7) is 11.5. The highest BCUT2D eigenvalue weighted by atomic mass is 16.8. The van der Waals surface area contributed by atoms with Crippen LogP contribution in [0.3, 0.4) is 0 Å². The minimum atomic E-state index is -2.35. The molecule has 0 aromatic rings. The number of Topliss-reactive ketones (excluding diaryl/α,β-unsaturated/α-hetero) is 1. The topological polar surface area (TPSA) is 560 Å². The van der Waals surface area contributed by atoms with Crippen molar-refractivity contribution in [3.8, 4) is 0 Å². The Balaban J connectivity index is 0.759. The second-order valence-corrected chi connectivity index (χ2v) is 32.7. The van der Waals surface area contributed by atoms with Gasteiger partial charge in [-0.15, -0.1) is 0 Å². The molecule has 1 spiro atoms. The number of carbonyl (C=O) groups is 1. The number of aliphatic hydroxyl groups is 20. The molecule has 10 fully saturated rings. The standard InChI is InChI=1S/C70H114O36/c1-9-29(75)31-18-25(2)70(106-31)17-16-68(7)28-10-11-37-66(4,5)38(13-14-67(37,6)27(28)12-15-69(68,70)8)100-60-50(88)48(86)42(80)36(99-60)24-93-64-57(40(78)30(76)23-92-64)104-65-58(105-59-49(87)46(84)39(77)26(3)94-59)56(45(83)35(22-74)98-65)103-63-53(91)55(44(82)34(21-73)97-63)102-62-52(90)54(43(81)33(20-72)96-62)101-61-51(89)47(85)41(79)32(19-71)95-61/h25-26,30-65,71-74,76-91H,9-24H2,1-8H3/t25-,26+,30+,31+,32-,33-,34-,35-,36-,37+,38+,39+,40+,41-,42-,43+,44-,45-,46-,47+,48+,49-,50-,51-,52-,53-,54+,55+,56+,57-,58-,59+,60+,61+,62+,63+,64+,65+,67-,68+,69+,70+/m1/s1. The van der Waals surface area contributed by atoms with Crippen molar-refractivity contribution >= 4 is 5.78 Å². The summed E-state index contributed by atoms with van der Waals surface area (Å²) >= 11 is 0. The van der Waals surface area contributed by atoms with E-state index >= 15 is 0 Å². The van der Waals surface area contributed by atoms with E-state index in [0.717, 1.165) is 51.4 Å². The Bertz CT molecular complexity index is 2990. The van der Waals surface area contributed by atoms with Gasteiger partial charge in [0, 0.05) is 11.8 Å². The number of hydrogen-bond acceptors (Lipinski definition) is 36. The molecular weight excluding hydrogens is 1420 g/mol. The first-order valence-corrected chi connectivity index (χ1v) is 37.4. The molecule has 4 aliphatic carbocycles. The fraction of sp³-hybridized carbons (Fsp3) is 0.957. The largest absolute Gasteiger partial charge is 0.394 e. The van der Waals surface area contributed by atoms with Gasteiger partial charge in [-0.05, 0) is 92.8 Å². The SMILES string of the molecule is CCC(=O)[C@@H]1C[C@@H](C)[C@]2(CC[C@@]3(C)C4=C(CC[C@@]32C)[C@@]2(C)CC[C@H](O[C@@H]3O[C@H](CO[C@@H]5OC[C@H](O)[C@H](O)[C@H]5O[C@@H]5O[C@H](CO)[C@@H](O)[C@H](O[C@@H]6O[C@H](CO)[C@@H](O)[C@H](O[C@@H]7O[C@H](CO)[C@H](O)[C@H](O[C@@H]8O[C@H](CO)[C@@H](O)[C@H](O)[C@H]8O)[C@H]7O)[C@H]6O)[C@H]5O[C@@H]5O[C@@H](C)[C@H](O)[C@@H](O)[C@H]5O)[C@@H](O)[C@H](O)[C@H]3O)C(C)(C)[C@@H]2CC4)O1. The number of aliphatic hydroxyl groups excluding tert-OH is 20. The van der Waals surface area contributed by atoms with E-state index in [9.17, 15) is 107 Å². The zero-order valence-corrected chi connectivity index (χ0v) is 60.7. The van der Waals surface area contributed by atoms with E-state index in [-0.39, 0.29) is 33.9 Å². The molecular formula is C70H114O36. The van der Waals surface area contributed by atoms with Crippen LogP contribution in [0.25, 0.3) is 0 Å². The summed E-state index contributed by atoms with van der Waals surface area (Å²) < 4.78 is 91.3. The fourth-order valence-electron chi connectivity index (χ4n) is 20.0. The molecule has 610 valence electrons. The number of rotatable bonds is 21. The summed E-state index contributed by atoms with van der Waals surface area (Å²) in [6, 6.07) is 0. The third-order valence-corrected chi connectivity index (χ3v) is 26.6. The molecule has 0 aromatic heterocycles. The molecule has 0 radical (unpaired) electrons. The molecule has 42 atom stereocenters. The van der Waals surface area contributed by atoms with Crippen LogP contribution in [0.15, 0.2) is 11.1 Å². The van der Waals surface area contributed by atoms with Crippen LogP contribution in [-0.4, -0.2) is 374 Å². The van der Waals surface area contributed by atoms with Gasteiger partial charge in [0.05, 0.1) is 57.5 Å². The summed E-state index contributed by atoms with van der Waals surface area (Å²) in [7, 11) is 0. The van der Waals surface area contributed by atoms with Crippen molar-refractivity contribution < 1.29 is 178 Å². The van der Waals surface area contributed by atoms with E-state index in [1.165, 1.54) is 18.1 Å². The molecule has 36 heteroatoms. The summed E-state index contributed by atoms with van der Waals surface area (Å²) in [5, 5.41) is 223. The van der Waals surface area contributed by atoms with Crippen LogP contribution in [0.1, 0.15) is 120 Å². The van der Waals surface area contributed by atoms with Gasteiger partial charge >= 0.3 is 0 Å². The van der Waals surface area contributed by atoms with Crippen molar-refractivity contribution in [2.24, 2.45) is 33.5 Å². The maximum absolute atomic E-state index is 13.1. The van der Waals surface area contributed by atoms with E-state index in [0.29, 0.717) is 12.8 Å². The minimum absolute atomic E-state index is 0.103. The molecule has 12 aliphatic rings. The van der Waals surface area contributed by atoms with Gasteiger partial charge in [-0.2, -0.15) is 0 Å². The minimum Gasteiger partial charge on any atom is -0.394 e. The predicted octanol–water partition coefficient (Wildman–Crippen LogP) is -6.94. The number of hydrogen-bond donors (Lipinski definition) is 20. The van der Waals surface area contributed by atoms with Crippen LogP contribution in [0.2, 0.25) is 0 Å². The smallest absolute Gasteiger partial charge is 0.187 e. The Hall–Kier alpha value is -1.99. The first-order valence-electron chi connectivity index (χ1n) is 37.4. The quantitative estimate of drug-likeness (QED) is 0.0475. The molecule has 0 unspecified atom stereocenters. The Morgan fingerprint density at radius 1 is 0.443 bits per heavy atom. The van der Waals surface area contributed by atoms with Crippen LogP contribution < -0.4 is 0 Å². The van der Waals surface area contributed by atoms with Crippen molar-refractivity contribution in [1.29, 1.82) is 0 Å². The Morgan fingerprint density at radius 2 is 0.915 bits per heavy atom. The normalized spacial score (nSPS) is 54.1. The van der Waals surface area contributed by atoms with Gasteiger partial charge in [0.1, 0.15) is 165 Å². The van der Waals surface area contributed by atoms with Crippen molar-refractivity contribution in [2.75, 3.05) is 39.6 Å². The summed E-state index contributed by atoms with van der Waals surface area (Å²) in [4.78, 5) is 13.1. The van der Waals surface area contributed by atoms with Gasteiger partial charge in [0.2, 0.25) is 0 Å². The van der Waals surface area contributed by atoms with Gasteiger partial charge in [-0.1, -0.05) is 59.6 Å². The highest BCUT2D eigenvalue weighted by Gasteiger charge is 2.72. The van der Waals surface area contributed by atoms with Crippen LogP contribution in [0.5, 0.6) is 0 Å². The van der Waals surface area contributed by atoms with Crippen LogP contribution in [0, 0.1) is 33.5 Å². The number of fused-ring (bicyclic) bond motifs is 5. The number of allylic oxidation sites excluding steroid dienone is 2. The predicted molar refractivity (Wildman–Crippen MR) is 349 cm³/mol. The molecule has 20 N–H and O–H groups in total. The van der Waals surface area contributed by atoms with Crippen molar-refractivity contribution in [3.05, 3.63) is 11.1 Å². The molecule has 106 heavy (non-hydrogen) atoms. The average molecular weight is 1530 g/mol. The fourth-order valence-corrected chi connectivity index (χ4v) is 20.0. The third-order valence-electron chi connectivity index (χ3n) is 26.6. The molecule has 0 amide bonds. The molecule has 8 heterocycles. The lowest BCUT2D eigenvalue weighted by Crippen LogP contribution is -2.69. The van der Waals surface area contributed by atoms with E-state index in [2.05, 4.69) is 41.5 Å². The molecule has 12 rings (SSSR count). The number of carbonyl (C=O) groups excluding carboxylic acids is 1. The van der Waals surface area contributed by atoms with Gasteiger partial charge in [-0.25, -0.2) is 0 Å². The Kier molecular flexibility index (Phi) is 25.5. The van der Waals surface area contributed by atoms with Crippen LogP contribution in [0.4, 0.5) is 0 Å². The third kappa shape index (κ3) is 14.4. The van der Waals surface area contributed by atoms with Gasteiger partial charge < -0.3 is 173 Å². The molecule has 36 nitrogen and oxygen atoms in total. The van der Waals surface area contributed by atoms with E-state index in [1.54, 1.807) is 0 Å². The van der Waals surface area contributed by atoms with E-state index < -0.39 is 272 Å². The van der Waals surface area contributed by atoms with E-state index in [4.69, 9.17) is 71.1 Å². The first kappa shape index (κ1) is 83.4. The van der Waals surface area contributed by atoms with E-state index in [1.807, 2.05) is 6.92 Å². The number of ether oxygens (including phenoxy) is 15. The molecule has 2 saturated carbocycles. The lowest BCUT2D eigenvalue weighted by molar-refractivity contribution is -0.412. The summed E-state index contributed by atoms with van der Waals surface area (Å²) in [5.74, 6) is 0.474. The lowest BCUT2D eigenvalue weighted by atomic mass is 9.43. The van der Waals surface area contributed by atoms with Gasteiger partial charge in [0.15, 0.2) is 49.8 Å². The maximum atomic E-state index is 13.1. The monoisotopic (exact) mass is 1530 g/mol. The Labute approximate surface area is 612 Å². The molecule has 0 bridgehead atoms. The van der Waals surface area contributed by atoms with Gasteiger partial charge in [-0.3, -0.25) is 4.79 Å². The highest BCUT2D eigenvalue weighted by Crippen LogP contribution is 2.75. The number of ketones is 1. The molecule has 0 aromatic carbocycles. The molecule has 8 aliphatic heterocycles. The maximum Gasteiger partial charge on any atom is 0.187 e. The average Bonchev–Trinajstić information content (AvgIpc) is 1.45. The van der Waals surface area contributed by atoms with Crippen molar-refractivity contribution in [1.82, 2.24) is 0 Å². The zero-order valence-electron chi connectivity index (χ0n) is 60.7. The summed E-state index contributed by atoms with van der Waals surface area (Å²) in [6.07, 6.45) is -59.0. The second-order valence-electron chi connectivity index (χ2n) is 32.7. The van der Waals surface area contributed by atoms with Crippen molar-refractivity contribution in [2.45, 2.75) is 346 Å².